The summed E-state index contributed by atoms with van der Waals surface area (Å²) in [7, 11) is 0. The second-order valence-corrected chi connectivity index (χ2v) is 8.39. The molecule has 4 heterocycles. The molecule has 0 aliphatic carbocycles. The highest BCUT2D eigenvalue weighted by molar-refractivity contribution is 6.38. The normalized spacial score (nSPS) is 12.2. The predicted octanol–water partition coefficient (Wildman–Crippen LogP) is 7.98. The number of aromatic nitrogens is 2. The molecule has 0 atom stereocenters. The molecule has 33 heavy (non-hydrogen) atoms. The SMILES string of the molecule is c1cncc(-n2c3ccccc3c3c4oc5ccccc5c4c4c5ccccc5oc4c32)c1. The molecule has 4 aromatic heterocycles. The summed E-state index contributed by atoms with van der Waals surface area (Å²) >= 11 is 0. The van der Waals surface area contributed by atoms with Gasteiger partial charge in [0.1, 0.15) is 22.3 Å². The average Bonchev–Trinajstić information content (AvgIpc) is 3.53. The van der Waals surface area contributed by atoms with E-state index in [4.69, 9.17) is 8.83 Å². The zero-order valence-electron chi connectivity index (χ0n) is 17.4. The summed E-state index contributed by atoms with van der Waals surface area (Å²) in [5, 5.41) is 6.58. The highest BCUT2D eigenvalue weighted by Crippen LogP contribution is 2.48. The summed E-state index contributed by atoms with van der Waals surface area (Å²) < 4.78 is 15.4. The van der Waals surface area contributed by atoms with Crippen molar-refractivity contribution in [1.82, 2.24) is 9.55 Å². The van der Waals surface area contributed by atoms with Crippen molar-refractivity contribution in [2.24, 2.45) is 0 Å². The molecule has 0 unspecified atom stereocenters. The highest BCUT2D eigenvalue weighted by atomic mass is 16.3. The molecule has 0 aliphatic heterocycles. The molecular weight excluding hydrogens is 408 g/mol. The van der Waals surface area contributed by atoms with E-state index in [1.807, 2.05) is 36.5 Å². The zero-order valence-corrected chi connectivity index (χ0v) is 17.4. The van der Waals surface area contributed by atoms with Gasteiger partial charge in [-0.2, -0.15) is 0 Å². The third-order valence-electron chi connectivity index (χ3n) is 6.66. The van der Waals surface area contributed by atoms with E-state index in [-0.39, 0.29) is 0 Å². The Balaban J connectivity index is 1.80. The molecule has 0 spiro atoms. The smallest absolute Gasteiger partial charge is 0.160 e. The largest absolute Gasteiger partial charge is 0.455 e. The van der Waals surface area contributed by atoms with E-state index in [1.165, 1.54) is 0 Å². The van der Waals surface area contributed by atoms with Gasteiger partial charge < -0.3 is 13.4 Å². The van der Waals surface area contributed by atoms with Crippen LogP contribution in [0.25, 0.3) is 71.4 Å². The van der Waals surface area contributed by atoms with Crippen LogP contribution in [0.5, 0.6) is 0 Å². The molecule has 8 rings (SSSR count). The van der Waals surface area contributed by atoms with Gasteiger partial charge in [-0.1, -0.05) is 54.6 Å². The van der Waals surface area contributed by atoms with Gasteiger partial charge in [0.25, 0.3) is 0 Å². The summed E-state index contributed by atoms with van der Waals surface area (Å²) in [6.07, 6.45) is 3.69. The van der Waals surface area contributed by atoms with Crippen LogP contribution in [0.3, 0.4) is 0 Å². The van der Waals surface area contributed by atoms with Crippen LogP contribution in [0, 0.1) is 0 Å². The predicted molar refractivity (Wildman–Crippen MR) is 133 cm³/mol. The fraction of sp³-hybridized carbons (Fsp3) is 0. The molecule has 0 bridgehead atoms. The fourth-order valence-corrected chi connectivity index (χ4v) is 5.37. The zero-order chi connectivity index (χ0) is 21.5. The molecule has 0 N–H and O–H groups in total. The minimum absolute atomic E-state index is 0.866. The van der Waals surface area contributed by atoms with E-state index in [2.05, 4.69) is 64.1 Å². The first-order valence-electron chi connectivity index (χ1n) is 11.0. The molecule has 0 radical (unpaired) electrons. The molecule has 0 amide bonds. The summed E-state index contributed by atoms with van der Waals surface area (Å²) in [5.41, 5.74) is 6.59. The summed E-state index contributed by atoms with van der Waals surface area (Å²) in [4.78, 5) is 4.40. The lowest BCUT2D eigenvalue weighted by atomic mass is 10.0. The van der Waals surface area contributed by atoms with Crippen molar-refractivity contribution in [3.05, 3.63) is 97.3 Å². The van der Waals surface area contributed by atoms with Crippen LogP contribution in [0.4, 0.5) is 0 Å². The maximum absolute atomic E-state index is 6.60. The lowest BCUT2D eigenvalue weighted by Gasteiger charge is -2.07. The molecule has 154 valence electrons. The fourth-order valence-electron chi connectivity index (χ4n) is 5.37. The van der Waals surface area contributed by atoms with Crippen LogP contribution in [0.1, 0.15) is 0 Å². The van der Waals surface area contributed by atoms with E-state index in [0.717, 1.165) is 71.4 Å². The maximum atomic E-state index is 6.60. The van der Waals surface area contributed by atoms with Crippen molar-refractivity contribution in [3.63, 3.8) is 0 Å². The van der Waals surface area contributed by atoms with Gasteiger partial charge in [-0.3, -0.25) is 4.98 Å². The number of pyridine rings is 1. The first-order valence-corrected chi connectivity index (χ1v) is 11.0. The molecule has 0 fully saturated rings. The highest BCUT2D eigenvalue weighted by Gasteiger charge is 2.26. The van der Waals surface area contributed by atoms with Gasteiger partial charge in [-0.05, 0) is 30.3 Å². The molecule has 4 nitrogen and oxygen atoms in total. The topological polar surface area (TPSA) is 44.1 Å². The Hall–Kier alpha value is -4.57. The minimum Gasteiger partial charge on any atom is -0.455 e. The number of fused-ring (bicyclic) bond motifs is 12. The monoisotopic (exact) mass is 424 g/mol. The van der Waals surface area contributed by atoms with Crippen LogP contribution >= 0.6 is 0 Å². The molecule has 8 aromatic rings. The lowest BCUT2D eigenvalue weighted by molar-refractivity contribution is 0.667. The van der Waals surface area contributed by atoms with Crippen LogP contribution in [-0.4, -0.2) is 9.55 Å². The quantitative estimate of drug-likeness (QED) is 0.268. The molecule has 4 aromatic carbocycles. The van der Waals surface area contributed by atoms with Gasteiger partial charge in [0.2, 0.25) is 0 Å². The van der Waals surface area contributed by atoms with E-state index in [1.54, 1.807) is 6.20 Å². The van der Waals surface area contributed by atoms with Gasteiger partial charge in [0.05, 0.1) is 22.8 Å². The van der Waals surface area contributed by atoms with Gasteiger partial charge in [-0.25, -0.2) is 0 Å². The first-order chi connectivity index (χ1) is 16.4. The summed E-state index contributed by atoms with van der Waals surface area (Å²) in [6, 6.07) is 29.0. The summed E-state index contributed by atoms with van der Waals surface area (Å²) in [6.45, 7) is 0. The van der Waals surface area contributed by atoms with Crippen molar-refractivity contribution in [2.45, 2.75) is 0 Å². The minimum atomic E-state index is 0.866. The molecule has 0 aliphatic rings. The van der Waals surface area contributed by atoms with Gasteiger partial charge >= 0.3 is 0 Å². The first kappa shape index (κ1) is 17.0. The van der Waals surface area contributed by atoms with Crippen molar-refractivity contribution >= 4 is 65.7 Å². The van der Waals surface area contributed by atoms with E-state index in [9.17, 15) is 0 Å². The number of rotatable bonds is 1. The Bertz CT molecular complexity index is 2020. The van der Waals surface area contributed by atoms with Crippen LogP contribution in [0.2, 0.25) is 0 Å². The van der Waals surface area contributed by atoms with Crippen molar-refractivity contribution in [2.75, 3.05) is 0 Å². The van der Waals surface area contributed by atoms with Crippen LogP contribution < -0.4 is 0 Å². The third kappa shape index (κ3) is 2.08. The van der Waals surface area contributed by atoms with Crippen LogP contribution in [0.15, 0.2) is 106 Å². The van der Waals surface area contributed by atoms with Crippen molar-refractivity contribution in [3.8, 4) is 5.69 Å². The van der Waals surface area contributed by atoms with E-state index < -0.39 is 0 Å². The van der Waals surface area contributed by atoms with Crippen LogP contribution in [-0.2, 0) is 0 Å². The van der Waals surface area contributed by atoms with Gasteiger partial charge in [0.15, 0.2) is 5.58 Å². The second kappa shape index (κ2) is 6.02. The molecule has 4 heteroatoms. The maximum Gasteiger partial charge on any atom is 0.160 e. The summed E-state index contributed by atoms with van der Waals surface area (Å²) in [5.74, 6) is 0. The Labute approximate surface area is 187 Å². The van der Waals surface area contributed by atoms with E-state index in [0.29, 0.717) is 0 Å². The average molecular weight is 424 g/mol. The number of benzene rings is 4. The van der Waals surface area contributed by atoms with E-state index >= 15 is 0 Å². The Kier molecular flexibility index (Phi) is 3.11. The number of furan rings is 2. The lowest BCUT2D eigenvalue weighted by Crippen LogP contribution is -1.94. The third-order valence-corrected chi connectivity index (χ3v) is 6.66. The molecular formula is C29H16N2O2. The number of hydrogen-bond acceptors (Lipinski definition) is 3. The van der Waals surface area contributed by atoms with Crippen molar-refractivity contribution < 1.29 is 8.83 Å². The number of nitrogens with zero attached hydrogens (tertiary/aromatic N) is 2. The van der Waals surface area contributed by atoms with Gasteiger partial charge in [0, 0.05) is 33.1 Å². The number of hydrogen-bond donors (Lipinski definition) is 0. The molecule has 0 saturated heterocycles. The van der Waals surface area contributed by atoms with Gasteiger partial charge in [-0.15, -0.1) is 0 Å². The Morgan fingerprint density at radius 2 is 1.21 bits per heavy atom. The second-order valence-electron chi connectivity index (χ2n) is 8.39. The standard InChI is InChI=1S/C29H16N2O2/c1-4-12-21-18(9-1)26-27(31(21)17-8-7-15-30-16-17)29-25(20-11-3-6-14-23(20)33-29)24-19-10-2-5-13-22(19)32-28(24)26/h1-16H. The molecule has 0 saturated carbocycles. The Morgan fingerprint density at radius 3 is 1.94 bits per heavy atom. The van der Waals surface area contributed by atoms with Crippen molar-refractivity contribution in [1.29, 1.82) is 0 Å². The Morgan fingerprint density at radius 1 is 0.576 bits per heavy atom. The number of para-hydroxylation sites is 3.